The van der Waals surface area contributed by atoms with Crippen LogP contribution >= 0.6 is 0 Å². The van der Waals surface area contributed by atoms with Gasteiger partial charge in [-0.25, -0.2) is 4.79 Å². The highest BCUT2D eigenvalue weighted by atomic mass is 16.5. The van der Waals surface area contributed by atoms with Crippen LogP contribution in [0.3, 0.4) is 0 Å². The van der Waals surface area contributed by atoms with Crippen molar-refractivity contribution >= 4 is 11.7 Å². The lowest BCUT2D eigenvalue weighted by Gasteiger charge is -2.13. The molecule has 1 aliphatic heterocycles. The van der Waals surface area contributed by atoms with Crippen molar-refractivity contribution in [3.8, 4) is 0 Å². The molecule has 16 heavy (non-hydrogen) atoms. The molecule has 1 unspecified atom stereocenters. The Bertz CT molecular complexity index is 323. The van der Waals surface area contributed by atoms with Gasteiger partial charge in [-0.3, -0.25) is 5.41 Å². The average Bonchev–Trinajstić information content (AvgIpc) is 2.42. The van der Waals surface area contributed by atoms with Crippen LogP contribution in [0, 0.1) is 5.41 Å². The van der Waals surface area contributed by atoms with Crippen LogP contribution in [0.25, 0.3) is 0 Å². The zero-order valence-electron chi connectivity index (χ0n) is 9.71. The minimum atomic E-state index is -0.616. The Hall–Kier alpha value is -1.36. The fourth-order valence-electron chi connectivity index (χ4n) is 1.58. The lowest BCUT2D eigenvalue weighted by Crippen LogP contribution is -2.25. The molecular formula is C11H18N2O3. The molecule has 0 amide bonds. The highest BCUT2D eigenvalue weighted by Crippen LogP contribution is 2.19. The van der Waals surface area contributed by atoms with E-state index < -0.39 is 5.97 Å². The predicted molar refractivity (Wildman–Crippen MR) is 60.2 cm³/mol. The summed E-state index contributed by atoms with van der Waals surface area (Å²) >= 11 is 0. The molecule has 0 aromatic heterocycles. The summed E-state index contributed by atoms with van der Waals surface area (Å²) < 4.78 is 10.2. The number of nitrogens with one attached hydrogen (secondary N) is 1. The van der Waals surface area contributed by atoms with E-state index in [1.165, 1.54) is 0 Å². The van der Waals surface area contributed by atoms with Crippen molar-refractivity contribution in [3.05, 3.63) is 11.3 Å². The smallest absolute Gasteiger partial charge is 0.356 e. The van der Waals surface area contributed by atoms with Gasteiger partial charge in [-0.15, -0.1) is 0 Å². The van der Waals surface area contributed by atoms with Crippen LogP contribution in [-0.2, 0) is 14.3 Å². The number of hydrogen-bond acceptors (Lipinski definition) is 5. The van der Waals surface area contributed by atoms with Crippen LogP contribution in [0.2, 0.25) is 0 Å². The molecule has 90 valence electrons. The average molecular weight is 226 g/mol. The van der Waals surface area contributed by atoms with E-state index in [4.69, 9.17) is 20.6 Å². The fraction of sp³-hybridized carbons (Fsp3) is 0.636. The Kier molecular flexibility index (Phi) is 4.49. The van der Waals surface area contributed by atoms with Gasteiger partial charge in [0.15, 0.2) is 0 Å². The van der Waals surface area contributed by atoms with Gasteiger partial charge < -0.3 is 15.2 Å². The number of ether oxygens (including phenoxy) is 2. The number of nitrogens with two attached hydrogens (primary N) is 1. The summed E-state index contributed by atoms with van der Waals surface area (Å²) in [6.07, 6.45) is 1.11. The van der Waals surface area contributed by atoms with Gasteiger partial charge in [-0.2, -0.15) is 0 Å². The minimum Gasteiger partial charge on any atom is -0.461 e. The number of rotatable bonds is 3. The second-order valence-corrected chi connectivity index (χ2v) is 3.65. The van der Waals surface area contributed by atoms with Gasteiger partial charge in [0.1, 0.15) is 5.71 Å². The molecule has 5 heteroatoms. The number of carbonyl (C=O) groups excluding carboxylic acids is 1. The Balaban J connectivity index is 2.87. The van der Waals surface area contributed by atoms with Crippen LogP contribution < -0.4 is 5.73 Å². The van der Waals surface area contributed by atoms with Gasteiger partial charge in [0.25, 0.3) is 0 Å². The normalized spacial score (nSPS) is 21.5. The summed E-state index contributed by atoms with van der Waals surface area (Å²) in [5, 5.41) is 7.74. The third-order valence-corrected chi connectivity index (χ3v) is 2.51. The van der Waals surface area contributed by atoms with Crippen molar-refractivity contribution in [1.82, 2.24) is 0 Å². The SMILES string of the molecule is CCOC(=O)C(=N)C1=C(N)C(C)OCCC1. The first-order chi connectivity index (χ1) is 7.57. The van der Waals surface area contributed by atoms with Gasteiger partial charge in [-0.1, -0.05) is 0 Å². The van der Waals surface area contributed by atoms with E-state index in [9.17, 15) is 4.79 Å². The summed E-state index contributed by atoms with van der Waals surface area (Å²) in [6.45, 7) is 4.39. The van der Waals surface area contributed by atoms with Gasteiger partial charge in [0, 0.05) is 17.9 Å². The van der Waals surface area contributed by atoms with E-state index >= 15 is 0 Å². The quantitative estimate of drug-likeness (QED) is 0.555. The molecular weight excluding hydrogens is 208 g/mol. The topological polar surface area (TPSA) is 85.4 Å². The van der Waals surface area contributed by atoms with Crippen LogP contribution in [0.4, 0.5) is 0 Å². The molecule has 0 saturated carbocycles. The van der Waals surface area contributed by atoms with Crippen molar-refractivity contribution in [2.45, 2.75) is 32.8 Å². The highest BCUT2D eigenvalue weighted by Gasteiger charge is 2.23. The Morgan fingerprint density at radius 3 is 3.00 bits per heavy atom. The fourth-order valence-corrected chi connectivity index (χ4v) is 1.58. The molecule has 0 saturated heterocycles. The first-order valence-electron chi connectivity index (χ1n) is 5.44. The molecule has 0 aliphatic carbocycles. The second kappa shape index (κ2) is 5.65. The van der Waals surface area contributed by atoms with Gasteiger partial charge >= 0.3 is 5.97 Å². The van der Waals surface area contributed by atoms with E-state index in [1.807, 2.05) is 6.92 Å². The molecule has 0 aromatic rings. The standard InChI is InChI=1S/C11H18N2O3/c1-3-15-11(14)10(13)8-5-4-6-16-7(2)9(8)12/h7,13H,3-6,12H2,1-2H3. The van der Waals surface area contributed by atoms with Gasteiger partial charge in [0.05, 0.1) is 12.7 Å². The number of esters is 1. The molecule has 0 aromatic carbocycles. The van der Waals surface area contributed by atoms with Crippen molar-refractivity contribution < 1.29 is 14.3 Å². The first kappa shape index (κ1) is 12.7. The maximum absolute atomic E-state index is 11.4. The lowest BCUT2D eigenvalue weighted by molar-refractivity contribution is -0.135. The number of carbonyl (C=O) groups is 1. The molecule has 1 heterocycles. The van der Waals surface area contributed by atoms with Crippen molar-refractivity contribution in [2.24, 2.45) is 5.73 Å². The van der Waals surface area contributed by atoms with Gasteiger partial charge in [0.2, 0.25) is 0 Å². The van der Waals surface area contributed by atoms with Crippen LogP contribution in [0.15, 0.2) is 11.3 Å². The zero-order valence-corrected chi connectivity index (χ0v) is 9.71. The van der Waals surface area contributed by atoms with Crippen LogP contribution in [-0.4, -0.2) is 31.0 Å². The summed E-state index contributed by atoms with van der Waals surface area (Å²) in [5.74, 6) is -0.616. The molecule has 1 atom stereocenters. The third-order valence-electron chi connectivity index (χ3n) is 2.51. The molecule has 3 N–H and O–H groups in total. The van der Waals surface area contributed by atoms with E-state index in [0.717, 1.165) is 6.42 Å². The van der Waals surface area contributed by atoms with Crippen LogP contribution in [0.1, 0.15) is 26.7 Å². The van der Waals surface area contributed by atoms with E-state index in [2.05, 4.69) is 0 Å². The Labute approximate surface area is 95.1 Å². The highest BCUT2D eigenvalue weighted by molar-refractivity contribution is 6.42. The first-order valence-corrected chi connectivity index (χ1v) is 5.44. The summed E-state index contributed by atoms with van der Waals surface area (Å²) in [6, 6.07) is 0. The maximum Gasteiger partial charge on any atom is 0.356 e. The summed E-state index contributed by atoms with van der Waals surface area (Å²) in [4.78, 5) is 11.4. The lowest BCUT2D eigenvalue weighted by atomic mass is 10.0. The Morgan fingerprint density at radius 1 is 1.69 bits per heavy atom. The second-order valence-electron chi connectivity index (χ2n) is 3.65. The molecule has 0 radical (unpaired) electrons. The van der Waals surface area contributed by atoms with Crippen molar-refractivity contribution in [1.29, 1.82) is 5.41 Å². The monoisotopic (exact) mass is 226 g/mol. The van der Waals surface area contributed by atoms with Crippen LogP contribution in [0.5, 0.6) is 0 Å². The minimum absolute atomic E-state index is 0.142. The zero-order chi connectivity index (χ0) is 12.1. The van der Waals surface area contributed by atoms with E-state index in [0.29, 0.717) is 24.3 Å². The number of hydrogen-bond donors (Lipinski definition) is 2. The maximum atomic E-state index is 11.4. The Morgan fingerprint density at radius 2 is 2.38 bits per heavy atom. The molecule has 0 spiro atoms. The molecule has 5 nitrogen and oxygen atoms in total. The molecule has 0 fully saturated rings. The molecule has 1 rings (SSSR count). The van der Waals surface area contributed by atoms with Gasteiger partial charge in [-0.05, 0) is 26.7 Å². The third kappa shape index (κ3) is 2.82. The summed E-state index contributed by atoms with van der Waals surface area (Å²) in [7, 11) is 0. The van der Waals surface area contributed by atoms with Crippen molar-refractivity contribution in [2.75, 3.05) is 13.2 Å². The van der Waals surface area contributed by atoms with Crippen molar-refractivity contribution in [3.63, 3.8) is 0 Å². The largest absolute Gasteiger partial charge is 0.461 e. The van der Waals surface area contributed by atoms with E-state index in [-0.39, 0.29) is 18.4 Å². The molecule has 0 bridgehead atoms. The van der Waals surface area contributed by atoms with E-state index in [1.54, 1.807) is 6.92 Å². The summed E-state index contributed by atoms with van der Waals surface area (Å²) in [5.41, 5.74) is 6.75. The predicted octanol–water partition coefficient (Wildman–Crippen LogP) is 0.981. The molecule has 1 aliphatic rings.